The molecule has 15 heavy (non-hydrogen) atoms. The first kappa shape index (κ1) is 12.9. The normalized spacial score (nSPS) is 23.3. The van der Waals surface area contributed by atoms with E-state index in [0.717, 1.165) is 19.6 Å². The topological polar surface area (TPSA) is 67.4 Å². The average Bonchev–Trinajstić information content (AvgIpc) is 2.47. The van der Waals surface area contributed by atoms with Gasteiger partial charge in [0.2, 0.25) is 10.0 Å². The molecule has 0 amide bonds. The molecule has 0 saturated carbocycles. The van der Waals surface area contributed by atoms with E-state index in [1.165, 1.54) is 6.26 Å². The molecule has 0 aromatic carbocycles. The van der Waals surface area contributed by atoms with Crippen molar-refractivity contribution in [2.45, 2.75) is 31.8 Å². The summed E-state index contributed by atoms with van der Waals surface area (Å²) in [6.45, 7) is 5.83. The van der Waals surface area contributed by atoms with E-state index in [4.69, 9.17) is 4.74 Å². The van der Waals surface area contributed by atoms with E-state index in [9.17, 15) is 8.42 Å². The van der Waals surface area contributed by atoms with E-state index in [1.807, 2.05) is 13.8 Å². The van der Waals surface area contributed by atoms with Crippen LogP contribution >= 0.6 is 0 Å². The summed E-state index contributed by atoms with van der Waals surface area (Å²) in [6, 6.07) is 0.352. The maximum atomic E-state index is 11.1. The van der Waals surface area contributed by atoms with Crippen LogP contribution in [0.3, 0.4) is 0 Å². The molecule has 1 saturated heterocycles. The molecule has 90 valence electrons. The summed E-state index contributed by atoms with van der Waals surface area (Å²) in [6.07, 6.45) is 2.17. The lowest BCUT2D eigenvalue weighted by molar-refractivity contribution is 0.188. The van der Waals surface area contributed by atoms with Gasteiger partial charge in [0.1, 0.15) is 0 Å². The Hall–Kier alpha value is -0.170. The Labute approximate surface area is 91.6 Å². The van der Waals surface area contributed by atoms with E-state index < -0.39 is 15.6 Å². The largest absolute Gasteiger partial charge is 0.380 e. The van der Waals surface area contributed by atoms with Crippen molar-refractivity contribution < 1.29 is 13.2 Å². The smallest absolute Gasteiger partial charge is 0.209 e. The van der Waals surface area contributed by atoms with Gasteiger partial charge in [-0.1, -0.05) is 0 Å². The molecule has 0 bridgehead atoms. The molecule has 1 rings (SSSR count). The third-order valence-electron chi connectivity index (χ3n) is 2.22. The maximum Gasteiger partial charge on any atom is 0.209 e. The predicted octanol–water partition coefficient (Wildman–Crippen LogP) is -0.307. The van der Waals surface area contributed by atoms with Crippen LogP contribution in [0.25, 0.3) is 0 Å². The zero-order chi connectivity index (χ0) is 11.5. The van der Waals surface area contributed by atoms with E-state index >= 15 is 0 Å². The molecule has 0 radical (unpaired) electrons. The van der Waals surface area contributed by atoms with Crippen LogP contribution in [0.15, 0.2) is 0 Å². The molecular formula is C9H20N2O3S. The number of hydrogen-bond donors (Lipinski definition) is 2. The molecular weight excluding hydrogens is 216 g/mol. The van der Waals surface area contributed by atoms with Gasteiger partial charge in [-0.3, -0.25) is 0 Å². The molecule has 6 heteroatoms. The third-order valence-corrected chi connectivity index (χ3v) is 3.15. The fraction of sp³-hybridized carbons (Fsp3) is 1.00. The van der Waals surface area contributed by atoms with Crippen LogP contribution in [0.5, 0.6) is 0 Å². The standard InChI is InChI=1S/C9H20N2O3S/c1-9(2,11-15(3,12)13)7-10-8-4-5-14-6-8/h8,10-11H,4-7H2,1-3H3. The Balaban J connectivity index is 2.35. The Morgan fingerprint density at radius 1 is 1.47 bits per heavy atom. The van der Waals surface area contributed by atoms with Gasteiger partial charge in [0.05, 0.1) is 12.9 Å². The first-order chi connectivity index (χ1) is 6.79. The predicted molar refractivity (Wildman–Crippen MR) is 59.3 cm³/mol. The molecule has 1 unspecified atom stereocenters. The van der Waals surface area contributed by atoms with Crippen molar-refractivity contribution in [3.8, 4) is 0 Å². The van der Waals surface area contributed by atoms with E-state index in [0.29, 0.717) is 12.6 Å². The summed E-state index contributed by atoms with van der Waals surface area (Å²) in [5, 5.41) is 3.29. The van der Waals surface area contributed by atoms with Crippen molar-refractivity contribution in [3.63, 3.8) is 0 Å². The lowest BCUT2D eigenvalue weighted by Gasteiger charge is -2.26. The first-order valence-corrected chi connectivity index (χ1v) is 6.98. The van der Waals surface area contributed by atoms with Crippen LogP contribution < -0.4 is 10.0 Å². The summed E-state index contributed by atoms with van der Waals surface area (Å²) in [5.74, 6) is 0. The Morgan fingerprint density at radius 3 is 2.60 bits per heavy atom. The number of ether oxygens (including phenoxy) is 1. The molecule has 1 heterocycles. The van der Waals surface area contributed by atoms with Gasteiger partial charge < -0.3 is 10.1 Å². The zero-order valence-electron chi connectivity index (χ0n) is 9.54. The van der Waals surface area contributed by atoms with E-state index in [1.54, 1.807) is 0 Å². The van der Waals surface area contributed by atoms with Crippen LogP contribution in [0.2, 0.25) is 0 Å². The number of sulfonamides is 1. The van der Waals surface area contributed by atoms with Crippen molar-refractivity contribution in [1.82, 2.24) is 10.0 Å². The van der Waals surface area contributed by atoms with Crippen LogP contribution in [0, 0.1) is 0 Å². The van der Waals surface area contributed by atoms with Crippen LogP contribution in [-0.2, 0) is 14.8 Å². The summed E-state index contributed by atoms with van der Waals surface area (Å²) in [7, 11) is -3.15. The molecule has 0 aliphatic carbocycles. The van der Waals surface area contributed by atoms with Gasteiger partial charge in [0.15, 0.2) is 0 Å². The maximum absolute atomic E-state index is 11.1. The van der Waals surface area contributed by atoms with Crippen molar-refractivity contribution >= 4 is 10.0 Å². The summed E-state index contributed by atoms with van der Waals surface area (Å²) in [5.41, 5.74) is -0.462. The molecule has 0 aromatic rings. The number of rotatable bonds is 5. The Morgan fingerprint density at radius 2 is 2.13 bits per heavy atom. The fourth-order valence-corrected chi connectivity index (χ4v) is 2.71. The fourth-order valence-electron chi connectivity index (χ4n) is 1.63. The second-order valence-electron chi connectivity index (χ2n) is 4.70. The minimum atomic E-state index is -3.15. The molecule has 2 N–H and O–H groups in total. The monoisotopic (exact) mass is 236 g/mol. The summed E-state index contributed by atoms with van der Waals surface area (Å²) >= 11 is 0. The van der Waals surface area contributed by atoms with Gasteiger partial charge in [-0.15, -0.1) is 0 Å². The Bertz CT molecular complexity index is 294. The average molecular weight is 236 g/mol. The van der Waals surface area contributed by atoms with Gasteiger partial charge >= 0.3 is 0 Å². The van der Waals surface area contributed by atoms with Crippen molar-refractivity contribution in [1.29, 1.82) is 0 Å². The molecule has 5 nitrogen and oxygen atoms in total. The highest BCUT2D eigenvalue weighted by atomic mass is 32.2. The Kier molecular flexibility index (Phi) is 4.11. The molecule has 1 fully saturated rings. The molecule has 1 atom stereocenters. The number of nitrogens with one attached hydrogen (secondary N) is 2. The minimum Gasteiger partial charge on any atom is -0.380 e. The van der Waals surface area contributed by atoms with E-state index in [-0.39, 0.29) is 0 Å². The summed E-state index contributed by atoms with van der Waals surface area (Å²) in [4.78, 5) is 0. The van der Waals surface area contributed by atoms with Crippen LogP contribution in [0.1, 0.15) is 20.3 Å². The quantitative estimate of drug-likeness (QED) is 0.687. The second kappa shape index (κ2) is 4.78. The van der Waals surface area contributed by atoms with Gasteiger partial charge in [-0.25, -0.2) is 13.1 Å². The van der Waals surface area contributed by atoms with Gasteiger partial charge in [0.25, 0.3) is 0 Å². The van der Waals surface area contributed by atoms with Gasteiger partial charge in [-0.05, 0) is 20.3 Å². The lowest BCUT2D eigenvalue weighted by Crippen LogP contribution is -2.51. The highest BCUT2D eigenvalue weighted by Gasteiger charge is 2.24. The lowest BCUT2D eigenvalue weighted by atomic mass is 10.1. The SMILES string of the molecule is CC(C)(CNC1CCOC1)NS(C)(=O)=O. The second-order valence-corrected chi connectivity index (χ2v) is 6.45. The summed E-state index contributed by atoms with van der Waals surface area (Å²) < 4.78 is 30.0. The first-order valence-electron chi connectivity index (χ1n) is 5.09. The molecule has 1 aliphatic heterocycles. The molecule has 0 spiro atoms. The van der Waals surface area contributed by atoms with E-state index in [2.05, 4.69) is 10.0 Å². The van der Waals surface area contributed by atoms with Crippen molar-refractivity contribution in [2.75, 3.05) is 26.0 Å². The van der Waals surface area contributed by atoms with Gasteiger partial charge in [0, 0.05) is 24.7 Å². The highest BCUT2D eigenvalue weighted by Crippen LogP contribution is 2.07. The highest BCUT2D eigenvalue weighted by molar-refractivity contribution is 7.88. The minimum absolute atomic E-state index is 0.352. The van der Waals surface area contributed by atoms with Crippen LogP contribution in [-0.4, -0.2) is 46.0 Å². The zero-order valence-corrected chi connectivity index (χ0v) is 10.4. The number of hydrogen-bond acceptors (Lipinski definition) is 4. The van der Waals surface area contributed by atoms with Gasteiger partial charge in [-0.2, -0.15) is 0 Å². The van der Waals surface area contributed by atoms with Crippen molar-refractivity contribution in [2.24, 2.45) is 0 Å². The molecule has 1 aliphatic rings. The third kappa shape index (κ3) is 5.46. The van der Waals surface area contributed by atoms with Crippen molar-refractivity contribution in [3.05, 3.63) is 0 Å². The molecule has 0 aromatic heterocycles. The van der Waals surface area contributed by atoms with Crippen LogP contribution in [0.4, 0.5) is 0 Å².